The van der Waals surface area contributed by atoms with E-state index in [0.717, 1.165) is 12.8 Å². The molecule has 2 heterocycles. The highest BCUT2D eigenvalue weighted by Crippen LogP contribution is 2.31. The van der Waals surface area contributed by atoms with Crippen molar-refractivity contribution < 1.29 is 8.42 Å². The van der Waals surface area contributed by atoms with Gasteiger partial charge >= 0.3 is 0 Å². The Hall–Kier alpha value is -0.430. The van der Waals surface area contributed by atoms with Crippen LogP contribution >= 0.6 is 11.3 Å². The van der Waals surface area contributed by atoms with Gasteiger partial charge in [0.15, 0.2) is 9.84 Å². The average molecular weight is 274 g/mol. The standard InChI is InChI=1S/C11H18N2O2S2/c1-8-10(2-4-16-8)11(13-12)6-9-3-5-17(14,15)7-9/h2,4,9,11,13H,3,5-7,12H2,1H3. The van der Waals surface area contributed by atoms with E-state index in [-0.39, 0.29) is 12.0 Å². The highest BCUT2D eigenvalue weighted by molar-refractivity contribution is 7.91. The number of sulfone groups is 1. The third-order valence-corrected chi connectivity index (χ3v) is 6.07. The number of aryl methyl sites for hydroxylation is 1. The number of nitrogens with two attached hydrogens (primary N) is 1. The molecule has 3 N–H and O–H groups in total. The second-order valence-electron chi connectivity index (χ2n) is 4.66. The van der Waals surface area contributed by atoms with E-state index in [1.54, 1.807) is 11.3 Å². The third kappa shape index (κ3) is 3.07. The van der Waals surface area contributed by atoms with Gasteiger partial charge in [0.1, 0.15) is 0 Å². The Morgan fingerprint density at radius 3 is 2.88 bits per heavy atom. The minimum atomic E-state index is -2.79. The van der Waals surface area contributed by atoms with E-state index in [9.17, 15) is 8.42 Å². The normalized spacial score (nSPS) is 24.9. The van der Waals surface area contributed by atoms with Crippen LogP contribution in [0.5, 0.6) is 0 Å². The summed E-state index contributed by atoms with van der Waals surface area (Å²) in [6.07, 6.45) is 1.57. The first-order valence-corrected chi connectivity index (χ1v) is 8.42. The Labute approximate surface area is 106 Å². The van der Waals surface area contributed by atoms with Gasteiger partial charge in [0.2, 0.25) is 0 Å². The molecule has 96 valence electrons. The van der Waals surface area contributed by atoms with Gasteiger partial charge in [-0.2, -0.15) is 0 Å². The fourth-order valence-electron chi connectivity index (χ4n) is 2.43. The van der Waals surface area contributed by atoms with Crippen LogP contribution in [0.2, 0.25) is 0 Å². The van der Waals surface area contributed by atoms with E-state index in [2.05, 4.69) is 18.4 Å². The van der Waals surface area contributed by atoms with Crippen molar-refractivity contribution in [3.63, 3.8) is 0 Å². The Morgan fingerprint density at radius 2 is 2.41 bits per heavy atom. The lowest BCUT2D eigenvalue weighted by atomic mass is 9.95. The molecule has 1 aromatic rings. The van der Waals surface area contributed by atoms with E-state index in [1.165, 1.54) is 10.4 Å². The molecule has 1 aliphatic heterocycles. The minimum absolute atomic E-state index is 0.0690. The van der Waals surface area contributed by atoms with Crippen molar-refractivity contribution in [3.8, 4) is 0 Å². The lowest BCUT2D eigenvalue weighted by Crippen LogP contribution is -2.30. The SMILES string of the molecule is Cc1sccc1C(CC1CCS(=O)(=O)C1)NN. The summed E-state index contributed by atoms with van der Waals surface area (Å²) in [6, 6.07) is 2.13. The Bertz CT molecular complexity index is 481. The molecule has 0 bridgehead atoms. The molecule has 2 unspecified atom stereocenters. The predicted molar refractivity (Wildman–Crippen MR) is 70.5 cm³/mol. The van der Waals surface area contributed by atoms with Crippen LogP contribution in [0.3, 0.4) is 0 Å². The van der Waals surface area contributed by atoms with E-state index in [1.807, 2.05) is 5.38 Å². The quantitative estimate of drug-likeness (QED) is 0.643. The predicted octanol–water partition coefficient (Wildman–Crippen LogP) is 1.39. The zero-order valence-electron chi connectivity index (χ0n) is 9.85. The van der Waals surface area contributed by atoms with E-state index in [4.69, 9.17) is 5.84 Å². The Morgan fingerprint density at radius 1 is 1.65 bits per heavy atom. The number of thiophene rings is 1. The molecule has 0 saturated carbocycles. The molecule has 1 saturated heterocycles. The zero-order valence-corrected chi connectivity index (χ0v) is 11.5. The molecule has 0 spiro atoms. The molecule has 0 aromatic carbocycles. The summed E-state index contributed by atoms with van der Waals surface area (Å²) in [5, 5.41) is 2.04. The van der Waals surface area contributed by atoms with Gasteiger partial charge in [-0.05, 0) is 42.7 Å². The Kier molecular flexibility index (Phi) is 3.87. The Balaban J connectivity index is 2.04. The van der Waals surface area contributed by atoms with Crippen LogP contribution in [0.4, 0.5) is 0 Å². The first-order valence-electron chi connectivity index (χ1n) is 5.72. The first kappa shape index (κ1) is 13.0. The van der Waals surface area contributed by atoms with Crippen molar-refractivity contribution in [2.24, 2.45) is 11.8 Å². The molecule has 4 nitrogen and oxygen atoms in total. The van der Waals surface area contributed by atoms with Gasteiger partial charge in [-0.25, -0.2) is 8.42 Å². The summed E-state index contributed by atoms with van der Waals surface area (Å²) in [5.41, 5.74) is 4.01. The number of nitrogens with one attached hydrogen (secondary N) is 1. The topological polar surface area (TPSA) is 72.2 Å². The molecule has 1 fully saturated rings. The molecule has 2 atom stereocenters. The number of rotatable bonds is 4. The van der Waals surface area contributed by atoms with Gasteiger partial charge < -0.3 is 0 Å². The summed E-state index contributed by atoms with van der Waals surface area (Å²) in [5.74, 6) is 6.46. The van der Waals surface area contributed by atoms with E-state index < -0.39 is 9.84 Å². The van der Waals surface area contributed by atoms with Crippen LogP contribution in [0.15, 0.2) is 11.4 Å². The maximum Gasteiger partial charge on any atom is 0.150 e. The largest absolute Gasteiger partial charge is 0.271 e. The summed E-state index contributed by atoms with van der Waals surface area (Å²) < 4.78 is 22.8. The van der Waals surface area contributed by atoms with Crippen molar-refractivity contribution in [3.05, 3.63) is 21.9 Å². The second kappa shape index (κ2) is 5.06. The molecule has 0 aliphatic carbocycles. The average Bonchev–Trinajstić information content (AvgIpc) is 2.81. The van der Waals surface area contributed by atoms with Crippen LogP contribution in [-0.4, -0.2) is 19.9 Å². The van der Waals surface area contributed by atoms with Crippen LogP contribution in [0.25, 0.3) is 0 Å². The van der Waals surface area contributed by atoms with E-state index >= 15 is 0 Å². The fraction of sp³-hybridized carbons (Fsp3) is 0.636. The molecule has 1 aliphatic rings. The smallest absolute Gasteiger partial charge is 0.150 e. The summed E-state index contributed by atoms with van der Waals surface area (Å²) in [7, 11) is -2.79. The van der Waals surface area contributed by atoms with E-state index in [0.29, 0.717) is 11.5 Å². The van der Waals surface area contributed by atoms with Gasteiger partial charge in [0.05, 0.1) is 11.5 Å². The van der Waals surface area contributed by atoms with Gasteiger partial charge in [-0.15, -0.1) is 11.3 Å². The maximum absolute atomic E-state index is 11.4. The number of hydrogen-bond donors (Lipinski definition) is 2. The highest BCUT2D eigenvalue weighted by atomic mass is 32.2. The van der Waals surface area contributed by atoms with Crippen LogP contribution in [0, 0.1) is 12.8 Å². The number of hydrazine groups is 1. The lowest BCUT2D eigenvalue weighted by molar-refractivity contribution is 0.421. The maximum atomic E-state index is 11.4. The van der Waals surface area contributed by atoms with Gasteiger partial charge in [0.25, 0.3) is 0 Å². The lowest BCUT2D eigenvalue weighted by Gasteiger charge is -2.19. The summed E-state index contributed by atoms with van der Waals surface area (Å²) in [4.78, 5) is 1.24. The minimum Gasteiger partial charge on any atom is -0.271 e. The van der Waals surface area contributed by atoms with Gasteiger partial charge in [-0.1, -0.05) is 0 Å². The molecule has 6 heteroatoms. The first-order chi connectivity index (χ1) is 8.02. The molecular weight excluding hydrogens is 256 g/mol. The molecule has 1 aromatic heterocycles. The second-order valence-corrected chi connectivity index (χ2v) is 8.01. The molecule has 0 radical (unpaired) electrons. The molecule has 0 amide bonds. The highest BCUT2D eigenvalue weighted by Gasteiger charge is 2.30. The molecule has 17 heavy (non-hydrogen) atoms. The third-order valence-electron chi connectivity index (χ3n) is 3.37. The zero-order chi connectivity index (χ0) is 12.5. The van der Waals surface area contributed by atoms with Gasteiger partial charge in [0, 0.05) is 10.9 Å². The fourth-order valence-corrected chi connectivity index (χ4v) is 5.08. The van der Waals surface area contributed by atoms with Gasteiger partial charge in [-0.3, -0.25) is 11.3 Å². The van der Waals surface area contributed by atoms with Crippen molar-refractivity contribution in [2.75, 3.05) is 11.5 Å². The number of hydrogen-bond acceptors (Lipinski definition) is 5. The van der Waals surface area contributed by atoms with Crippen molar-refractivity contribution in [1.29, 1.82) is 0 Å². The van der Waals surface area contributed by atoms with Crippen LogP contribution in [-0.2, 0) is 9.84 Å². The summed E-state index contributed by atoms with van der Waals surface area (Å²) in [6.45, 7) is 2.07. The van der Waals surface area contributed by atoms with Crippen LogP contribution < -0.4 is 11.3 Å². The summed E-state index contributed by atoms with van der Waals surface area (Å²) >= 11 is 1.69. The van der Waals surface area contributed by atoms with Crippen molar-refractivity contribution in [1.82, 2.24) is 5.43 Å². The molecule has 2 rings (SSSR count). The molecular formula is C11H18N2O2S2. The van der Waals surface area contributed by atoms with Crippen molar-refractivity contribution >= 4 is 21.2 Å². The van der Waals surface area contributed by atoms with Crippen LogP contribution in [0.1, 0.15) is 29.3 Å². The monoisotopic (exact) mass is 274 g/mol. The van der Waals surface area contributed by atoms with Crippen molar-refractivity contribution in [2.45, 2.75) is 25.8 Å².